The highest BCUT2D eigenvalue weighted by molar-refractivity contribution is 7.89. The summed E-state index contributed by atoms with van der Waals surface area (Å²) in [5.41, 5.74) is 2.10. The third-order valence-corrected chi connectivity index (χ3v) is 4.85. The highest BCUT2D eigenvalue weighted by Crippen LogP contribution is 2.21. The molecule has 0 bridgehead atoms. The second-order valence-electron chi connectivity index (χ2n) is 6.63. The minimum atomic E-state index is -3.70. The Morgan fingerprint density at radius 3 is 2.16 bits per heavy atom. The molecule has 0 fully saturated rings. The number of hydrogen-bond donors (Lipinski definition) is 1. The van der Waals surface area contributed by atoms with E-state index in [9.17, 15) is 8.42 Å². The van der Waals surface area contributed by atoms with Gasteiger partial charge in [-0.2, -0.15) is 13.5 Å². The minimum Gasteiger partial charge on any atom is -0.494 e. The first kappa shape index (κ1) is 19.0. The number of nitrogens with zero attached hydrogens (tertiary/aromatic N) is 1. The van der Waals surface area contributed by atoms with E-state index in [2.05, 4.69) is 30.7 Å². The molecule has 0 aliphatic carbocycles. The molecule has 0 aromatic heterocycles. The molecule has 5 nitrogen and oxygen atoms in total. The van der Waals surface area contributed by atoms with Gasteiger partial charge in [0, 0.05) is 0 Å². The van der Waals surface area contributed by atoms with Gasteiger partial charge in [-0.1, -0.05) is 45.0 Å². The van der Waals surface area contributed by atoms with Gasteiger partial charge in [-0.3, -0.25) is 0 Å². The SMILES string of the molecule is CCOc1ccc(S(=O)(=O)N/N=C/c2ccc(C(C)(C)C)cc2)cc1. The normalized spacial score (nSPS) is 12.3. The van der Waals surface area contributed by atoms with Gasteiger partial charge in [-0.05, 0) is 47.7 Å². The van der Waals surface area contributed by atoms with Crippen LogP contribution in [0.4, 0.5) is 0 Å². The van der Waals surface area contributed by atoms with Crippen LogP contribution in [0.2, 0.25) is 0 Å². The monoisotopic (exact) mass is 360 g/mol. The summed E-state index contributed by atoms with van der Waals surface area (Å²) < 4.78 is 29.7. The Balaban J connectivity index is 2.04. The number of benzene rings is 2. The van der Waals surface area contributed by atoms with Crippen molar-refractivity contribution in [2.45, 2.75) is 38.0 Å². The molecule has 0 saturated heterocycles. The first-order valence-electron chi connectivity index (χ1n) is 8.10. The maximum Gasteiger partial charge on any atom is 0.276 e. The predicted molar refractivity (Wildman–Crippen MR) is 101 cm³/mol. The van der Waals surface area contributed by atoms with E-state index in [0.29, 0.717) is 12.4 Å². The van der Waals surface area contributed by atoms with Crippen molar-refractivity contribution in [3.8, 4) is 5.75 Å². The van der Waals surface area contributed by atoms with Gasteiger partial charge < -0.3 is 4.74 Å². The molecule has 0 aliphatic heterocycles. The third-order valence-electron chi connectivity index (χ3n) is 3.61. The summed E-state index contributed by atoms with van der Waals surface area (Å²) in [6, 6.07) is 14.1. The smallest absolute Gasteiger partial charge is 0.276 e. The average molecular weight is 360 g/mol. The fourth-order valence-corrected chi connectivity index (χ4v) is 2.97. The van der Waals surface area contributed by atoms with Gasteiger partial charge in [-0.15, -0.1) is 0 Å². The molecule has 2 rings (SSSR count). The van der Waals surface area contributed by atoms with Crippen molar-refractivity contribution in [2.75, 3.05) is 6.61 Å². The Bertz CT molecular complexity index is 818. The highest BCUT2D eigenvalue weighted by atomic mass is 32.2. The van der Waals surface area contributed by atoms with Crippen LogP contribution in [-0.2, 0) is 15.4 Å². The molecule has 2 aromatic carbocycles. The molecule has 0 unspecified atom stereocenters. The van der Waals surface area contributed by atoms with Gasteiger partial charge in [0.2, 0.25) is 0 Å². The first-order valence-corrected chi connectivity index (χ1v) is 9.59. The Hall–Kier alpha value is -2.34. The number of hydrogen-bond acceptors (Lipinski definition) is 4. The third kappa shape index (κ3) is 5.32. The number of sulfonamides is 1. The maximum atomic E-state index is 12.2. The molecular formula is C19H24N2O3S. The van der Waals surface area contributed by atoms with Crippen LogP contribution in [0.25, 0.3) is 0 Å². The molecule has 0 spiro atoms. The van der Waals surface area contributed by atoms with E-state index in [4.69, 9.17) is 4.74 Å². The maximum absolute atomic E-state index is 12.2. The van der Waals surface area contributed by atoms with Crippen molar-refractivity contribution < 1.29 is 13.2 Å². The fraction of sp³-hybridized carbons (Fsp3) is 0.316. The van der Waals surface area contributed by atoms with E-state index in [0.717, 1.165) is 5.56 Å². The lowest BCUT2D eigenvalue weighted by Gasteiger charge is -2.18. The quantitative estimate of drug-likeness (QED) is 0.631. The van der Waals surface area contributed by atoms with E-state index in [1.165, 1.54) is 23.9 Å². The predicted octanol–water partition coefficient (Wildman–Crippen LogP) is 3.70. The number of hydrazone groups is 1. The summed E-state index contributed by atoms with van der Waals surface area (Å²) in [7, 11) is -3.70. The molecule has 0 heterocycles. The summed E-state index contributed by atoms with van der Waals surface area (Å²) in [6.45, 7) is 8.82. The Morgan fingerprint density at radius 2 is 1.64 bits per heavy atom. The molecule has 134 valence electrons. The Labute approximate surface area is 149 Å². The van der Waals surface area contributed by atoms with Crippen LogP contribution in [0, 0.1) is 0 Å². The van der Waals surface area contributed by atoms with Gasteiger partial charge in [0.05, 0.1) is 17.7 Å². The van der Waals surface area contributed by atoms with E-state index in [1.807, 2.05) is 31.2 Å². The molecule has 25 heavy (non-hydrogen) atoms. The average Bonchev–Trinajstić information content (AvgIpc) is 2.55. The summed E-state index contributed by atoms with van der Waals surface area (Å²) in [4.78, 5) is 2.36. The van der Waals surface area contributed by atoms with Crippen LogP contribution >= 0.6 is 0 Å². The number of ether oxygens (including phenoxy) is 1. The van der Waals surface area contributed by atoms with E-state index < -0.39 is 10.0 Å². The van der Waals surface area contributed by atoms with E-state index in [-0.39, 0.29) is 10.3 Å². The molecule has 6 heteroatoms. The zero-order chi connectivity index (χ0) is 18.5. The Kier molecular flexibility index (Phi) is 5.85. The lowest BCUT2D eigenvalue weighted by atomic mass is 9.87. The van der Waals surface area contributed by atoms with Crippen molar-refractivity contribution in [1.82, 2.24) is 4.83 Å². The summed E-state index contributed by atoms with van der Waals surface area (Å²) >= 11 is 0. The second kappa shape index (κ2) is 7.70. The largest absolute Gasteiger partial charge is 0.494 e. The zero-order valence-corrected chi connectivity index (χ0v) is 15.8. The van der Waals surface area contributed by atoms with E-state index >= 15 is 0 Å². The van der Waals surface area contributed by atoms with Crippen molar-refractivity contribution in [1.29, 1.82) is 0 Å². The highest BCUT2D eigenvalue weighted by Gasteiger charge is 2.13. The van der Waals surface area contributed by atoms with Crippen LogP contribution in [0.15, 0.2) is 58.5 Å². The van der Waals surface area contributed by atoms with Gasteiger partial charge in [0.1, 0.15) is 5.75 Å². The summed E-state index contributed by atoms with van der Waals surface area (Å²) in [6.07, 6.45) is 1.48. The Morgan fingerprint density at radius 1 is 1.04 bits per heavy atom. The standard InChI is InChI=1S/C19H24N2O3S/c1-5-24-17-10-12-18(13-11-17)25(22,23)21-20-14-15-6-8-16(9-7-15)19(2,3)4/h6-14,21H,5H2,1-4H3/b20-14+. The van der Waals surface area contributed by atoms with Crippen LogP contribution in [0.1, 0.15) is 38.8 Å². The molecule has 1 N–H and O–H groups in total. The van der Waals surface area contributed by atoms with Crippen LogP contribution in [-0.4, -0.2) is 21.2 Å². The molecule has 2 aromatic rings. The van der Waals surface area contributed by atoms with Gasteiger partial charge in [-0.25, -0.2) is 4.83 Å². The summed E-state index contributed by atoms with van der Waals surface area (Å²) in [5, 5.41) is 3.85. The van der Waals surface area contributed by atoms with Crippen LogP contribution < -0.4 is 9.57 Å². The molecular weight excluding hydrogens is 336 g/mol. The second-order valence-corrected chi connectivity index (χ2v) is 8.29. The van der Waals surface area contributed by atoms with Gasteiger partial charge >= 0.3 is 0 Å². The lowest BCUT2D eigenvalue weighted by molar-refractivity contribution is 0.340. The minimum absolute atomic E-state index is 0.0743. The van der Waals surface area contributed by atoms with Gasteiger partial charge in [0.25, 0.3) is 10.0 Å². The molecule has 0 saturated carbocycles. The number of nitrogens with one attached hydrogen (secondary N) is 1. The van der Waals surface area contributed by atoms with Crippen molar-refractivity contribution in [3.63, 3.8) is 0 Å². The molecule has 0 aliphatic rings. The number of rotatable bonds is 6. The van der Waals surface area contributed by atoms with Gasteiger partial charge in [0.15, 0.2) is 0 Å². The zero-order valence-electron chi connectivity index (χ0n) is 15.0. The van der Waals surface area contributed by atoms with Crippen molar-refractivity contribution in [2.24, 2.45) is 5.10 Å². The van der Waals surface area contributed by atoms with Crippen LogP contribution in [0.5, 0.6) is 5.75 Å². The topological polar surface area (TPSA) is 67.8 Å². The molecule has 0 amide bonds. The summed E-state index contributed by atoms with van der Waals surface area (Å²) in [5.74, 6) is 0.629. The van der Waals surface area contributed by atoms with E-state index in [1.54, 1.807) is 12.1 Å². The van der Waals surface area contributed by atoms with Crippen molar-refractivity contribution in [3.05, 3.63) is 59.7 Å². The first-order chi connectivity index (χ1) is 11.7. The molecule has 0 radical (unpaired) electrons. The van der Waals surface area contributed by atoms with Crippen molar-refractivity contribution >= 4 is 16.2 Å². The van der Waals surface area contributed by atoms with Crippen LogP contribution in [0.3, 0.4) is 0 Å². The lowest BCUT2D eigenvalue weighted by Crippen LogP contribution is -2.18. The molecule has 0 atom stereocenters. The fourth-order valence-electron chi connectivity index (χ4n) is 2.17.